The Balaban J connectivity index is 2.57. The van der Waals surface area contributed by atoms with Crippen molar-refractivity contribution in [1.29, 1.82) is 0 Å². The number of amides is 1. The summed E-state index contributed by atoms with van der Waals surface area (Å²) in [6, 6.07) is 0. The summed E-state index contributed by atoms with van der Waals surface area (Å²) >= 11 is 1.31. The van der Waals surface area contributed by atoms with Gasteiger partial charge in [0.25, 0.3) is 5.91 Å². The van der Waals surface area contributed by atoms with Gasteiger partial charge in [0.2, 0.25) is 5.82 Å². The van der Waals surface area contributed by atoms with E-state index in [4.69, 9.17) is 15.5 Å². The highest BCUT2D eigenvalue weighted by Gasteiger charge is 2.26. The molecule has 0 aliphatic rings. The Morgan fingerprint density at radius 2 is 1.96 bits per heavy atom. The molecular formula is C13H21N6O4PS. The maximum absolute atomic E-state index is 12.4. The van der Waals surface area contributed by atoms with Crippen molar-refractivity contribution in [2.45, 2.75) is 32.5 Å². The summed E-state index contributed by atoms with van der Waals surface area (Å²) in [5, 5.41) is 2.64. The second-order valence-electron chi connectivity index (χ2n) is 6.68. The number of hydrogen-bond donors (Lipinski definition) is 4. The number of imidazole rings is 1. The first kappa shape index (κ1) is 19.6. The van der Waals surface area contributed by atoms with E-state index in [0.29, 0.717) is 17.3 Å². The Morgan fingerprint density at radius 3 is 2.48 bits per heavy atom. The van der Waals surface area contributed by atoms with Crippen molar-refractivity contribution in [3.63, 3.8) is 0 Å². The lowest BCUT2D eigenvalue weighted by molar-refractivity contribution is 0.0940. The zero-order chi connectivity index (χ0) is 19.0. The summed E-state index contributed by atoms with van der Waals surface area (Å²) in [6.45, 7) is 6.36. The molecule has 0 unspecified atom stereocenters. The van der Waals surface area contributed by atoms with Crippen molar-refractivity contribution in [2.75, 3.05) is 18.3 Å². The van der Waals surface area contributed by atoms with Gasteiger partial charge in [0.1, 0.15) is 6.29 Å². The van der Waals surface area contributed by atoms with Gasteiger partial charge in [-0.2, -0.15) is 0 Å². The molecule has 2 aromatic rings. The van der Waals surface area contributed by atoms with Crippen molar-refractivity contribution in [3.8, 4) is 0 Å². The van der Waals surface area contributed by atoms with E-state index in [1.807, 2.05) is 20.8 Å². The molecule has 0 spiro atoms. The quantitative estimate of drug-likeness (QED) is 0.334. The first-order chi connectivity index (χ1) is 11.4. The maximum atomic E-state index is 12.4. The first-order valence-electron chi connectivity index (χ1n) is 7.32. The van der Waals surface area contributed by atoms with Crippen LogP contribution in [0.5, 0.6) is 0 Å². The average Bonchev–Trinajstić information content (AvgIpc) is 2.81. The normalized spacial score (nSPS) is 12.6. The number of fused-ring (bicyclic) bond motifs is 1. The predicted octanol–water partition coefficient (Wildman–Crippen LogP) is 1.04. The predicted molar refractivity (Wildman–Crippen MR) is 95.3 cm³/mol. The van der Waals surface area contributed by atoms with Crippen LogP contribution in [-0.2, 0) is 11.1 Å². The number of aromatic nitrogens is 4. The summed E-state index contributed by atoms with van der Waals surface area (Å²) in [5.41, 5.74) is 6.41. The van der Waals surface area contributed by atoms with Crippen LogP contribution in [0.4, 0.5) is 5.82 Å². The highest BCUT2D eigenvalue weighted by atomic mass is 32.2. The maximum Gasteiger partial charge on any atom is 0.344 e. The number of anilines is 1. The van der Waals surface area contributed by atoms with Crippen molar-refractivity contribution < 1.29 is 19.1 Å². The second-order valence-corrected chi connectivity index (χ2v) is 9.10. The van der Waals surface area contributed by atoms with Crippen LogP contribution >= 0.6 is 19.4 Å². The lowest BCUT2D eigenvalue weighted by Crippen LogP contribution is -2.29. The fraction of sp³-hybridized carbons (Fsp3) is 0.538. The van der Waals surface area contributed by atoms with Crippen LogP contribution in [0, 0.1) is 5.41 Å². The molecule has 0 saturated heterocycles. The smallest absolute Gasteiger partial charge is 0.344 e. The van der Waals surface area contributed by atoms with Gasteiger partial charge >= 0.3 is 7.60 Å². The monoisotopic (exact) mass is 388 g/mol. The van der Waals surface area contributed by atoms with Gasteiger partial charge in [-0.15, -0.1) is 0 Å². The van der Waals surface area contributed by atoms with Crippen LogP contribution in [0.25, 0.3) is 11.2 Å². The number of nitrogens with one attached hydrogen (secondary N) is 1. The third-order valence-corrected chi connectivity index (χ3v) is 4.18. The molecule has 0 bridgehead atoms. The molecule has 2 aromatic heterocycles. The van der Waals surface area contributed by atoms with E-state index in [9.17, 15) is 9.36 Å². The number of nitrogens with two attached hydrogens (primary N) is 1. The Labute approximate surface area is 148 Å². The lowest BCUT2D eigenvalue weighted by Gasteiger charge is -2.20. The summed E-state index contributed by atoms with van der Waals surface area (Å²) in [4.78, 5) is 43.0. The van der Waals surface area contributed by atoms with Crippen LogP contribution in [0.1, 0.15) is 31.4 Å². The molecule has 0 fully saturated rings. The fourth-order valence-corrected chi connectivity index (χ4v) is 2.86. The largest absolute Gasteiger partial charge is 0.382 e. The molecule has 0 atom stereocenters. The molecule has 0 saturated carbocycles. The average molecular weight is 388 g/mol. The molecule has 12 heteroatoms. The molecule has 2 rings (SSSR count). The van der Waals surface area contributed by atoms with Crippen LogP contribution in [0.2, 0.25) is 0 Å². The van der Waals surface area contributed by atoms with E-state index >= 15 is 0 Å². The third kappa shape index (κ3) is 4.91. The van der Waals surface area contributed by atoms with Gasteiger partial charge in [-0.05, 0) is 11.7 Å². The Hall–Kier alpha value is -1.68. The molecule has 25 heavy (non-hydrogen) atoms. The van der Waals surface area contributed by atoms with Gasteiger partial charge in [0, 0.05) is 6.54 Å². The Bertz CT molecular complexity index is 856. The SMILES string of the molecule is CSc1nc(N)c2nc(C(=O)NCP(=O)(O)O)n(CC(C)(C)C)c2n1. The Morgan fingerprint density at radius 1 is 1.32 bits per heavy atom. The van der Waals surface area contributed by atoms with Crippen LogP contribution in [0.3, 0.4) is 0 Å². The van der Waals surface area contributed by atoms with E-state index in [1.54, 1.807) is 10.8 Å². The van der Waals surface area contributed by atoms with E-state index in [2.05, 4.69) is 20.3 Å². The van der Waals surface area contributed by atoms with Gasteiger partial charge in [-0.25, -0.2) is 15.0 Å². The van der Waals surface area contributed by atoms with Crippen LogP contribution < -0.4 is 11.1 Å². The summed E-state index contributed by atoms with van der Waals surface area (Å²) in [6.07, 6.45) is 1.03. The molecular weight excluding hydrogens is 367 g/mol. The van der Waals surface area contributed by atoms with E-state index in [0.717, 1.165) is 0 Å². The zero-order valence-electron chi connectivity index (χ0n) is 14.3. The number of nitrogen functional groups attached to an aromatic ring is 1. The molecule has 0 aliphatic carbocycles. The topological polar surface area (TPSA) is 156 Å². The van der Waals surface area contributed by atoms with Crippen LogP contribution in [-0.4, -0.2) is 47.8 Å². The fourth-order valence-electron chi connectivity index (χ4n) is 2.14. The molecule has 5 N–H and O–H groups in total. The van der Waals surface area contributed by atoms with E-state index < -0.39 is 19.8 Å². The third-order valence-electron chi connectivity index (χ3n) is 3.06. The number of carbonyl (C=O) groups is 1. The summed E-state index contributed by atoms with van der Waals surface area (Å²) < 4.78 is 12.6. The summed E-state index contributed by atoms with van der Waals surface area (Å²) in [7, 11) is -4.38. The molecule has 0 radical (unpaired) electrons. The van der Waals surface area contributed by atoms with Gasteiger partial charge in [0.15, 0.2) is 22.1 Å². The van der Waals surface area contributed by atoms with Gasteiger partial charge in [-0.1, -0.05) is 32.5 Å². The second kappa shape index (κ2) is 6.91. The number of nitrogens with zero attached hydrogens (tertiary/aromatic N) is 4. The van der Waals surface area contributed by atoms with Gasteiger partial charge in [-0.3, -0.25) is 9.36 Å². The minimum atomic E-state index is -4.38. The molecule has 2 heterocycles. The Kier molecular flexibility index (Phi) is 5.43. The molecule has 10 nitrogen and oxygen atoms in total. The van der Waals surface area contributed by atoms with Gasteiger partial charge < -0.3 is 25.4 Å². The lowest BCUT2D eigenvalue weighted by atomic mass is 9.97. The number of hydrogen-bond acceptors (Lipinski definition) is 7. The molecule has 138 valence electrons. The number of carbonyl (C=O) groups excluding carboxylic acids is 1. The van der Waals surface area contributed by atoms with E-state index in [1.165, 1.54) is 11.8 Å². The zero-order valence-corrected chi connectivity index (χ0v) is 16.1. The number of rotatable bonds is 5. The minimum Gasteiger partial charge on any atom is -0.382 e. The summed E-state index contributed by atoms with van der Waals surface area (Å²) in [5.74, 6) is -0.584. The van der Waals surface area contributed by atoms with E-state index in [-0.39, 0.29) is 22.6 Å². The highest BCUT2D eigenvalue weighted by molar-refractivity contribution is 7.98. The number of thioether (sulfide) groups is 1. The molecule has 1 amide bonds. The van der Waals surface area contributed by atoms with Gasteiger partial charge in [0.05, 0.1) is 0 Å². The minimum absolute atomic E-state index is 0.0161. The molecule has 0 aromatic carbocycles. The molecule has 0 aliphatic heterocycles. The standard InChI is InChI=1S/C13H21N6O4PS/c1-13(2,3)5-19-9-7(8(14)17-12(18-9)25-4)16-10(19)11(20)15-6-24(21,22)23/h5-6H2,1-4H3,(H,15,20)(H2,14,17,18)(H2,21,22,23). The van der Waals surface area contributed by atoms with Crippen molar-refractivity contribution in [2.24, 2.45) is 5.41 Å². The first-order valence-corrected chi connectivity index (χ1v) is 10.3. The van der Waals surface area contributed by atoms with Crippen molar-refractivity contribution >= 4 is 42.2 Å². The van der Waals surface area contributed by atoms with Crippen molar-refractivity contribution in [1.82, 2.24) is 24.8 Å². The van der Waals surface area contributed by atoms with Crippen molar-refractivity contribution in [3.05, 3.63) is 5.82 Å². The highest BCUT2D eigenvalue weighted by Crippen LogP contribution is 2.32. The van der Waals surface area contributed by atoms with Crippen LogP contribution in [0.15, 0.2) is 5.16 Å².